The molecule has 0 aromatic heterocycles. The van der Waals surface area contributed by atoms with Crippen molar-refractivity contribution in [3.8, 4) is 0 Å². The molecule has 1 aliphatic heterocycles. The average molecular weight is 211 g/mol. The van der Waals surface area contributed by atoms with Crippen molar-refractivity contribution < 1.29 is 0 Å². The Bertz CT molecular complexity index is 180. The summed E-state index contributed by atoms with van der Waals surface area (Å²) in [6.45, 7) is 5.85. The summed E-state index contributed by atoms with van der Waals surface area (Å²) < 4.78 is 0. The van der Waals surface area contributed by atoms with E-state index in [1.807, 2.05) is 0 Å². The minimum Gasteiger partial charge on any atom is -0.315 e. The summed E-state index contributed by atoms with van der Waals surface area (Å²) in [5.74, 6) is 1.04. The molecule has 0 amide bonds. The second-order valence-corrected chi connectivity index (χ2v) is 5.13. The van der Waals surface area contributed by atoms with Crippen LogP contribution in [0.3, 0.4) is 0 Å². The normalized spacial score (nSPS) is 29.0. The number of hydrogen-bond donors (Lipinski definition) is 2. The minimum atomic E-state index is 0.695. The van der Waals surface area contributed by atoms with Crippen LogP contribution in [0, 0.1) is 5.92 Å². The second kappa shape index (κ2) is 5.83. The fraction of sp³-hybridized carbons (Fsp3) is 1.00. The number of nitrogens with zero attached hydrogens (tertiary/aromatic N) is 1. The van der Waals surface area contributed by atoms with Crippen LogP contribution in [0.5, 0.6) is 0 Å². The van der Waals surface area contributed by atoms with Crippen LogP contribution < -0.4 is 10.6 Å². The van der Waals surface area contributed by atoms with Crippen molar-refractivity contribution in [1.82, 2.24) is 15.5 Å². The van der Waals surface area contributed by atoms with Crippen molar-refractivity contribution in [2.75, 3.05) is 39.8 Å². The van der Waals surface area contributed by atoms with Crippen molar-refractivity contribution in [3.05, 3.63) is 0 Å². The maximum absolute atomic E-state index is 3.60. The maximum Gasteiger partial charge on any atom is 0.0342 e. The van der Waals surface area contributed by atoms with E-state index in [0.717, 1.165) is 25.6 Å². The quantitative estimate of drug-likeness (QED) is 0.655. The summed E-state index contributed by atoms with van der Waals surface area (Å²) in [6, 6.07) is 0.695. The molecule has 88 valence electrons. The first-order valence-electron chi connectivity index (χ1n) is 6.48. The second-order valence-electron chi connectivity index (χ2n) is 5.13. The van der Waals surface area contributed by atoms with E-state index >= 15 is 0 Å². The van der Waals surface area contributed by atoms with Gasteiger partial charge in [-0.25, -0.2) is 0 Å². The molecule has 2 aliphatic rings. The number of likely N-dealkylation sites (N-methyl/N-ethyl adjacent to an activating group) is 1. The van der Waals surface area contributed by atoms with Gasteiger partial charge >= 0.3 is 0 Å². The predicted octanol–water partition coefficient (Wildman–Crippen LogP) is 0.670. The maximum atomic E-state index is 3.60. The zero-order valence-corrected chi connectivity index (χ0v) is 9.97. The molecule has 0 aromatic carbocycles. The summed E-state index contributed by atoms with van der Waals surface area (Å²) in [6.07, 6.45) is 5.82. The van der Waals surface area contributed by atoms with E-state index in [0.29, 0.717) is 6.04 Å². The molecule has 2 fully saturated rings. The first-order chi connectivity index (χ1) is 7.36. The van der Waals surface area contributed by atoms with E-state index in [1.54, 1.807) is 0 Å². The summed E-state index contributed by atoms with van der Waals surface area (Å²) >= 11 is 0. The van der Waals surface area contributed by atoms with Gasteiger partial charge in [0, 0.05) is 32.2 Å². The lowest BCUT2D eigenvalue weighted by atomic mass is 9.83. The molecule has 1 heterocycles. The van der Waals surface area contributed by atoms with Crippen LogP contribution in [0.4, 0.5) is 0 Å². The van der Waals surface area contributed by atoms with Gasteiger partial charge in [-0.2, -0.15) is 0 Å². The van der Waals surface area contributed by atoms with E-state index in [2.05, 4.69) is 22.6 Å². The Balaban J connectivity index is 1.52. The molecule has 1 saturated carbocycles. The zero-order chi connectivity index (χ0) is 10.5. The summed E-state index contributed by atoms with van der Waals surface area (Å²) in [5.41, 5.74) is 0. The lowest BCUT2D eigenvalue weighted by molar-refractivity contribution is 0.193. The van der Waals surface area contributed by atoms with Crippen LogP contribution >= 0.6 is 0 Å². The Morgan fingerprint density at radius 2 is 2.27 bits per heavy atom. The summed E-state index contributed by atoms with van der Waals surface area (Å²) in [5, 5.41) is 7.06. The van der Waals surface area contributed by atoms with Gasteiger partial charge in [0.25, 0.3) is 0 Å². The van der Waals surface area contributed by atoms with Gasteiger partial charge in [0.15, 0.2) is 0 Å². The summed E-state index contributed by atoms with van der Waals surface area (Å²) in [4.78, 5) is 2.47. The first kappa shape index (κ1) is 11.4. The zero-order valence-electron chi connectivity index (χ0n) is 9.97. The van der Waals surface area contributed by atoms with Crippen LogP contribution in [0.15, 0.2) is 0 Å². The lowest BCUT2D eigenvalue weighted by Gasteiger charge is -2.33. The molecule has 3 nitrogen and oxygen atoms in total. The molecule has 2 N–H and O–H groups in total. The van der Waals surface area contributed by atoms with Crippen molar-refractivity contribution in [2.24, 2.45) is 5.92 Å². The van der Waals surface area contributed by atoms with Crippen LogP contribution in [0.1, 0.15) is 25.7 Å². The van der Waals surface area contributed by atoms with Crippen LogP contribution in [-0.4, -0.2) is 50.7 Å². The molecule has 1 saturated heterocycles. The van der Waals surface area contributed by atoms with Crippen molar-refractivity contribution >= 4 is 0 Å². The highest BCUT2D eigenvalue weighted by atomic mass is 15.2. The molecule has 0 spiro atoms. The molecule has 2 rings (SSSR count). The van der Waals surface area contributed by atoms with E-state index in [1.165, 1.54) is 38.8 Å². The van der Waals surface area contributed by atoms with Gasteiger partial charge in [-0.15, -0.1) is 0 Å². The molecule has 15 heavy (non-hydrogen) atoms. The van der Waals surface area contributed by atoms with Crippen molar-refractivity contribution in [2.45, 2.75) is 31.7 Å². The fourth-order valence-electron chi connectivity index (χ4n) is 2.45. The summed E-state index contributed by atoms with van der Waals surface area (Å²) in [7, 11) is 2.24. The molecule has 3 heteroatoms. The molecule has 0 bridgehead atoms. The smallest absolute Gasteiger partial charge is 0.0342 e. The minimum absolute atomic E-state index is 0.695. The van der Waals surface area contributed by atoms with Crippen LogP contribution in [0.2, 0.25) is 0 Å². The highest BCUT2D eigenvalue weighted by Crippen LogP contribution is 2.28. The molecule has 1 unspecified atom stereocenters. The Morgan fingerprint density at radius 1 is 1.40 bits per heavy atom. The predicted molar refractivity (Wildman–Crippen MR) is 64.1 cm³/mol. The molecule has 0 radical (unpaired) electrons. The Kier molecular flexibility index (Phi) is 4.42. The SMILES string of the molecule is CN1CCNCC1CNCCC1CCC1. The van der Waals surface area contributed by atoms with E-state index in [4.69, 9.17) is 0 Å². The molecule has 1 aliphatic carbocycles. The molecular weight excluding hydrogens is 186 g/mol. The monoisotopic (exact) mass is 211 g/mol. The van der Waals surface area contributed by atoms with Crippen molar-refractivity contribution in [3.63, 3.8) is 0 Å². The van der Waals surface area contributed by atoms with Gasteiger partial charge in [0.05, 0.1) is 0 Å². The molecule has 1 atom stereocenters. The van der Waals surface area contributed by atoms with Gasteiger partial charge in [0.1, 0.15) is 0 Å². The van der Waals surface area contributed by atoms with Gasteiger partial charge in [-0.1, -0.05) is 19.3 Å². The lowest BCUT2D eigenvalue weighted by Crippen LogP contribution is -2.53. The third-order valence-corrected chi connectivity index (χ3v) is 3.98. The number of nitrogens with one attached hydrogen (secondary N) is 2. The van der Waals surface area contributed by atoms with Crippen molar-refractivity contribution in [1.29, 1.82) is 0 Å². The standard InChI is InChI=1S/C12H25N3/c1-15-8-7-14-10-12(15)9-13-6-5-11-3-2-4-11/h11-14H,2-10H2,1H3. The van der Waals surface area contributed by atoms with Gasteiger partial charge in [-0.3, -0.25) is 4.90 Å². The average Bonchev–Trinajstić information content (AvgIpc) is 2.17. The van der Waals surface area contributed by atoms with Crippen LogP contribution in [-0.2, 0) is 0 Å². The van der Waals surface area contributed by atoms with E-state index in [-0.39, 0.29) is 0 Å². The Morgan fingerprint density at radius 3 is 2.93 bits per heavy atom. The number of hydrogen-bond acceptors (Lipinski definition) is 3. The Labute approximate surface area is 93.6 Å². The highest BCUT2D eigenvalue weighted by molar-refractivity contribution is 4.79. The molecular formula is C12H25N3. The number of rotatable bonds is 5. The highest BCUT2D eigenvalue weighted by Gasteiger charge is 2.19. The largest absolute Gasteiger partial charge is 0.315 e. The third kappa shape index (κ3) is 3.44. The first-order valence-corrected chi connectivity index (χ1v) is 6.48. The molecule has 0 aromatic rings. The van der Waals surface area contributed by atoms with E-state index < -0.39 is 0 Å². The van der Waals surface area contributed by atoms with Gasteiger partial charge in [0.2, 0.25) is 0 Å². The topological polar surface area (TPSA) is 27.3 Å². The van der Waals surface area contributed by atoms with Gasteiger partial charge in [-0.05, 0) is 25.9 Å². The number of piperazine rings is 1. The van der Waals surface area contributed by atoms with Gasteiger partial charge < -0.3 is 10.6 Å². The fourth-order valence-corrected chi connectivity index (χ4v) is 2.45. The van der Waals surface area contributed by atoms with E-state index in [9.17, 15) is 0 Å². The Hall–Kier alpha value is -0.120. The van der Waals surface area contributed by atoms with Crippen LogP contribution in [0.25, 0.3) is 0 Å². The third-order valence-electron chi connectivity index (χ3n) is 3.98.